The second-order valence-corrected chi connectivity index (χ2v) is 6.95. The molecule has 1 aliphatic rings. The lowest BCUT2D eigenvalue weighted by atomic mass is 10.1. The molecule has 1 aliphatic heterocycles. The van der Waals surface area contributed by atoms with Crippen molar-refractivity contribution in [2.75, 3.05) is 19.8 Å². The summed E-state index contributed by atoms with van der Waals surface area (Å²) in [5.74, 6) is 2.59. The van der Waals surface area contributed by atoms with Gasteiger partial charge in [-0.05, 0) is 48.9 Å². The topological polar surface area (TPSA) is 82.8 Å². The maximum Gasteiger partial charge on any atom is 0.251 e. The second-order valence-electron chi connectivity index (χ2n) is 6.95. The fraction of sp³-hybridized carbons (Fsp3) is 0.304. The summed E-state index contributed by atoms with van der Waals surface area (Å²) in [6, 6.07) is 14.5. The average Bonchev–Trinajstić information content (AvgIpc) is 3.27. The number of nitrogens with zero attached hydrogens (tertiary/aromatic N) is 1. The van der Waals surface area contributed by atoms with E-state index in [9.17, 15) is 4.79 Å². The summed E-state index contributed by atoms with van der Waals surface area (Å²) in [7, 11) is 0. The fourth-order valence-corrected chi connectivity index (χ4v) is 3.04. The van der Waals surface area contributed by atoms with Crippen molar-refractivity contribution < 1.29 is 23.5 Å². The van der Waals surface area contributed by atoms with Gasteiger partial charge in [-0.1, -0.05) is 18.5 Å². The molecular weight excluding hydrogens is 384 g/mol. The molecule has 1 aromatic heterocycles. The summed E-state index contributed by atoms with van der Waals surface area (Å²) in [5, 5.41) is 6.90. The highest BCUT2D eigenvalue weighted by atomic mass is 16.6. The Morgan fingerprint density at radius 1 is 1.07 bits per heavy atom. The van der Waals surface area contributed by atoms with Crippen molar-refractivity contribution in [1.82, 2.24) is 10.5 Å². The molecule has 3 aromatic rings. The highest BCUT2D eigenvalue weighted by Crippen LogP contribution is 2.34. The number of amides is 1. The van der Waals surface area contributed by atoms with Gasteiger partial charge in [0.1, 0.15) is 24.7 Å². The first-order valence-corrected chi connectivity index (χ1v) is 10.1. The van der Waals surface area contributed by atoms with Crippen LogP contribution in [0.2, 0.25) is 0 Å². The van der Waals surface area contributed by atoms with E-state index in [1.54, 1.807) is 30.3 Å². The summed E-state index contributed by atoms with van der Waals surface area (Å²) in [5.41, 5.74) is 2.03. The van der Waals surface area contributed by atoms with E-state index in [4.69, 9.17) is 18.7 Å². The Labute approximate surface area is 174 Å². The third-order valence-electron chi connectivity index (χ3n) is 4.70. The predicted octanol–water partition coefficient (Wildman–Crippen LogP) is 4.22. The van der Waals surface area contributed by atoms with Gasteiger partial charge in [-0.25, -0.2) is 0 Å². The van der Waals surface area contributed by atoms with Crippen molar-refractivity contribution in [2.24, 2.45) is 0 Å². The molecule has 0 fully saturated rings. The lowest BCUT2D eigenvalue weighted by molar-refractivity contribution is 0.0950. The minimum Gasteiger partial charge on any atom is -0.494 e. The Kier molecular flexibility index (Phi) is 6.17. The molecule has 0 atom stereocenters. The van der Waals surface area contributed by atoms with Crippen molar-refractivity contribution >= 4 is 5.91 Å². The van der Waals surface area contributed by atoms with E-state index in [2.05, 4.69) is 17.4 Å². The molecule has 2 heterocycles. The minimum atomic E-state index is -0.181. The number of carbonyl (C=O) groups is 1. The van der Waals surface area contributed by atoms with E-state index >= 15 is 0 Å². The van der Waals surface area contributed by atoms with E-state index in [0.717, 1.165) is 29.9 Å². The summed E-state index contributed by atoms with van der Waals surface area (Å²) >= 11 is 0. The molecule has 156 valence electrons. The Morgan fingerprint density at radius 3 is 2.67 bits per heavy atom. The van der Waals surface area contributed by atoms with Crippen LogP contribution in [0.1, 0.15) is 35.8 Å². The molecule has 2 aromatic carbocycles. The molecule has 0 aliphatic carbocycles. The van der Waals surface area contributed by atoms with Gasteiger partial charge in [-0.3, -0.25) is 4.79 Å². The molecule has 7 heteroatoms. The van der Waals surface area contributed by atoms with Gasteiger partial charge in [0.2, 0.25) is 0 Å². The third kappa shape index (κ3) is 4.74. The van der Waals surface area contributed by atoms with E-state index in [1.807, 2.05) is 18.2 Å². The van der Waals surface area contributed by atoms with Gasteiger partial charge in [0.05, 0.1) is 13.2 Å². The smallest absolute Gasteiger partial charge is 0.251 e. The number of aromatic nitrogens is 1. The number of fused-ring (bicyclic) bond motifs is 1. The molecular formula is C23H24N2O5. The first kappa shape index (κ1) is 19.8. The molecule has 1 amide bonds. The first-order valence-electron chi connectivity index (χ1n) is 10.1. The molecule has 0 spiro atoms. The van der Waals surface area contributed by atoms with Gasteiger partial charge < -0.3 is 24.1 Å². The Morgan fingerprint density at radius 2 is 1.87 bits per heavy atom. The van der Waals surface area contributed by atoms with Crippen LogP contribution in [0.3, 0.4) is 0 Å². The normalized spacial score (nSPS) is 12.4. The summed E-state index contributed by atoms with van der Waals surface area (Å²) < 4.78 is 22.2. The van der Waals surface area contributed by atoms with Crippen molar-refractivity contribution in [1.29, 1.82) is 0 Å². The molecule has 0 bridgehead atoms. The molecule has 0 saturated heterocycles. The number of benzene rings is 2. The molecule has 0 radical (unpaired) electrons. The zero-order valence-corrected chi connectivity index (χ0v) is 16.8. The highest BCUT2D eigenvalue weighted by Gasteiger charge is 2.15. The van der Waals surface area contributed by atoms with E-state index < -0.39 is 0 Å². The predicted molar refractivity (Wildman–Crippen MR) is 111 cm³/mol. The number of hydrogen-bond acceptors (Lipinski definition) is 6. The first-order chi connectivity index (χ1) is 14.7. The molecule has 4 rings (SSSR count). The van der Waals surface area contributed by atoms with Gasteiger partial charge in [-0.15, -0.1) is 0 Å². The molecule has 0 saturated carbocycles. The van der Waals surface area contributed by atoms with Crippen molar-refractivity contribution in [3.8, 4) is 28.6 Å². The number of nitrogens with one attached hydrogen (secondary N) is 1. The zero-order valence-electron chi connectivity index (χ0n) is 16.8. The largest absolute Gasteiger partial charge is 0.494 e. The van der Waals surface area contributed by atoms with Crippen LogP contribution in [0.4, 0.5) is 0 Å². The summed E-state index contributed by atoms with van der Waals surface area (Å²) in [6.45, 7) is 4.13. The molecule has 1 N–H and O–H groups in total. The molecule has 30 heavy (non-hydrogen) atoms. The summed E-state index contributed by atoms with van der Waals surface area (Å²) in [6.07, 6.45) is 2.09. The van der Waals surface area contributed by atoms with Gasteiger partial charge in [-0.2, -0.15) is 0 Å². The van der Waals surface area contributed by atoms with E-state index in [1.165, 1.54) is 0 Å². The van der Waals surface area contributed by atoms with Crippen LogP contribution in [0, 0.1) is 0 Å². The minimum absolute atomic E-state index is 0.181. The van der Waals surface area contributed by atoms with Gasteiger partial charge in [0.15, 0.2) is 17.3 Å². The van der Waals surface area contributed by atoms with Crippen LogP contribution in [0.15, 0.2) is 53.1 Å². The molecule has 7 nitrogen and oxygen atoms in total. The fourth-order valence-electron chi connectivity index (χ4n) is 3.04. The number of rotatable bonds is 8. The maximum absolute atomic E-state index is 12.4. The average molecular weight is 408 g/mol. The van der Waals surface area contributed by atoms with Gasteiger partial charge >= 0.3 is 0 Å². The van der Waals surface area contributed by atoms with Crippen LogP contribution in [0.25, 0.3) is 11.3 Å². The maximum atomic E-state index is 12.4. The van der Waals surface area contributed by atoms with Gasteiger partial charge in [0.25, 0.3) is 5.91 Å². The highest BCUT2D eigenvalue weighted by molar-refractivity contribution is 5.94. The quantitative estimate of drug-likeness (QED) is 0.562. The number of unbranched alkanes of at least 4 members (excludes halogenated alkanes) is 1. The zero-order chi connectivity index (χ0) is 20.8. The lowest BCUT2D eigenvalue weighted by Crippen LogP contribution is -2.22. The number of hydrogen-bond donors (Lipinski definition) is 1. The van der Waals surface area contributed by atoms with Crippen LogP contribution in [-0.4, -0.2) is 30.9 Å². The Balaban J connectivity index is 1.33. The van der Waals surface area contributed by atoms with Crippen molar-refractivity contribution in [2.45, 2.75) is 26.3 Å². The van der Waals surface area contributed by atoms with Crippen molar-refractivity contribution in [3.63, 3.8) is 0 Å². The number of carbonyl (C=O) groups excluding carboxylic acids is 1. The van der Waals surface area contributed by atoms with Gasteiger partial charge in [0, 0.05) is 17.2 Å². The number of ether oxygens (including phenoxy) is 3. The standard InChI is InChI=1S/C23H24N2O5/c1-2-3-10-27-19-7-4-16(5-8-19)23(26)24-15-18-14-21(30-25-18)17-6-9-20-22(13-17)29-12-11-28-20/h4-9,13-14H,2-3,10-12,15H2,1H3,(H,24,26). The van der Waals surface area contributed by atoms with Crippen molar-refractivity contribution in [3.05, 3.63) is 59.8 Å². The van der Waals surface area contributed by atoms with Crippen LogP contribution < -0.4 is 19.5 Å². The van der Waals surface area contributed by atoms with E-state index in [0.29, 0.717) is 42.6 Å². The van der Waals surface area contributed by atoms with Crippen LogP contribution >= 0.6 is 0 Å². The SMILES string of the molecule is CCCCOc1ccc(C(=O)NCc2cc(-c3ccc4c(c3)OCCO4)on2)cc1. The van der Waals surface area contributed by atoms with E-state index in [-0.39, 0.29) is 12.5 Å². The monoisotopic (exact) mass is 408 g/mol. The Bertz CT molecular complexity index is 997. The van der Waals surface area contributed by atoms with Crippen LogP contribution in [-0.2, 0) is 6.54 Å². The third-order valence-corrected chi connectivity index (χ3v) is 4.70. The second kappa shape index (κ2) is 9.35. The Hall–Kier alpha value is -3.48. The van der Waals surface area contributed by atoms with Crippen LogP contribution in [0.5, 0.6) is 17.2 Å². The lowest BCUT2D eigenvalue weighted by Gasteiger charge is -2.18. The summed E-state index contributed by atoms with van der Waals surface area (Å²) in [4.78, 5) is 12.4. The molecule has 0 unspecified atom stereocenters.